The first-order valence-electron chi connectivity index (χ1n) is 18.0. The molecular weight excluding hydrogens is 842 g/mol. The van der Waals surface area contributed by atoms with Crippen molar-refractivity contribution in [1.29, 1.82) is 0 Å². The van der Waals surface area contributed by atoms with Crippen LogP contribution in [-0.2, 0) is 33.5 Å². The number of aryl methyl sites for hydroxylation is 1. The van der Waals surface area contributed by atoms with E-state index in [2.05, 4.69) is 123 Å². The van der Waals surface area contributed by atoms with Crippen LogP contribution in [-0.4, -0.2) is 19.6 Å². The first kappa shape index (κ1) is 35.2. The fraction of sp³-hybridized carbons (Fsp3) is 0.102. The molecule has 3 aromatic heterocycles. The Kier molecular flexibility index (Phi) is 9.04. The number of nitrogens with zero attached hydrogens (tertiary/aromatic N) is 3. The largest absolute Gasteiger partial charge is 0.507 e. The Hall–Kier alpha value is -5.83. The van der Waals surface area contributed by atoms with Crippen molar-refractivity contribution in [2.75, 3.05) is 0 Å². The van der Waals surface area contributed by atoms with E-state index < -0.39 is 0 Å². The molecule has 54 heavy (non-hydrogen) atoms. The van der Waals surface area contributed by atoms with Crippen molar-refractivity contribution >= 4 is 0 Å². The van der Waals surface area contributed by atoms with E-state index in [0.717, 1.165) is 50.6 Å². The van der Waals surface area contributed by atoms with Crippen LogP contribution in [0.1, 0.15) is 30.7 Å². The average Bonchev–Trinajstić information content (AvgIpc) is 3.68. The maximum absolute atomic E-state index is 10.7. The van der Waals surface area contributed by atoms with Crippen LogP contribution in [0.5, 0.6) is 5.75 Å². The summed E-state index contributed by atoms with van der Waals surface area (Å²) in [7, 11) is 2.15. The molecule has 0 radical (unpaired) electrons. The minimum Gasteiger partial charge on any atom is -0.507 e. The minimum atomic E-state index is -0.0542. The molecule has 1 aliphatic carbocycles. The molecule has 5 heteroatoms. The predicted molar refractivity (Wildman–Crippen MR) is 216 cm³/mol. The first-order valence-corrected chi connectivity index (χ1v) is 18.0. The Balaban J connectivity index is 0.00000413. The summed E-state index contributed by atoms with van der Waals surface area (Å²) >= 11 is 0. The molecule has 0 aliphatic heterocycles. The Morgan fingerprint density at radius 1 is 0.519 bits per heavy atom. The fourth-order valence-corrected chi connectivity index (χ4v) is 7.97. The van der Waals surface area contributed by atoms with Crippen LogP contribution in [0.15, 0.2) is 152 Å². The van der Waals surface area contributed by atoms with E-state index in [1.165, 1.54) is 33.5 Å². The quantitative estimate of drug-likeness (QED) is 0.169. The number of hydrogen-bond acceptors (Lipinski definition) is 3. The molecule has 5 aromatic carbocycles. The number of hydrogen-bond donors (Lipinski definition) is 1. The third kappa shape index (κ3) is 6.11. The van der Waals surface area contributed by atoms with E-state index >= 15 is 0 Å². The molecule has 0 saturated heterocycles. The number of fused-ring (bicyclic) bond motifs is 3. The van der Waals surface area contributed by atoms with Crippen molar-refractivity contribution in [2.45, 2.75) is 26.2 Å². The van der Waals surface area contributed by atoms with Gasteiger partial charge in [-0.2, -0.15) is 0 Å². The van der Waals surface area contributed by atoms with Gasteiger partial charge in [-0.15, -0.1) is 24.3 Å². The topological polar surface area (TPSA) is 50.9 Å². The summed E-state index contributed by atoms with van der Waals surface area (Å²) in [5, 5.41) is 10.7. The second kappa shape index (κ2) is 13.9. The van der Waals surface area contributed by atoms with Gasteiger partial charge in [0, 0.05) is 67.6 Å². The van der Waals surface area contributed by atoms with Crippen LogP contribution >= 0.6 is 0 Å². The number of phenols is 1. The average molecular weight is 880 g/mol. The van der Waals surface area contributed by atoms with Gasteiger partial charge < -0.3 is 9.67 Å². The summed E-state index contributed by atoms with van der Waals surface area (Å²) in [6.07, 6.45) is 0. The van der Waals surface area contributed by atoms with Crippen LogP contribution in [0.3, 0.4) is 0 Å². The molecule has 0 unspecified atom stereocenters. The van der Waals surface area contributed by atoms with E-state index in [1.807, 2.05) is 61.5 Å². The molecule has 1 N–H and O–H groups in total. The molecule has 0 bridgehead atoms. The molecule has 0 amide bonds. The molecule has 1 aliphatic rings. The number of rotatable bonds is 6. The molecule has 0 fully saturated rings. The number of benzene rings is 5. The fourth-order valence-electron chi connectivity index (χ4n) is 7.97. The number of pyridine rings is 2. The van der Waals surface area contributed by atoms with E-state index in [-0.39, 0.29) is 32.2 Å². The maximum Gasteiger partial charge on any atom is 0.124 e. The number of aromatic hydroxyl groups is 1. The Morgan fingerprint density at radius 3 is 1.89 bits per heavy atom. The number of aromatic nitrogens is 3. The van der Waals surface area contributed by atoms with Gasteiger partial charge in [0.25, 0.3) is 0 Å². The SMILES string of the molecule is Cc1cc(-c2ccc(-c3ccc4c(c3)C(C)(C)c3ccccc3-4)n2C)cc(-c2[c-]c(-c3cc(-c4ccccc4)cc(-c4ccccc4O)n3)ccc2)n1.[Pt]. The number of para-hydroxylation sites is 1. The second-order valence-electron chi connectivity index (χ2n) is 14.5. The zero-order chi connectivity index (χ0) is 36.3. The monoisotopic (exact) mass is 879 g/mol. The van der Waals surface area contributed by atoms with Crippen molar-refractivity contribution in [2.24, 2.45) is 7.05 Å². The van der Waals surface area contributed by atoms with E-state index in [0.29, 0.717) is 11.3 Å². The Labute approximate surface area is 331 Å². The molecule has 9 rings (SSSR count). The van der Waals surface area contributed by atoms with Crippen LogP contribution in [0.2, 0.25) is 0 Å². The molecule has 0 saturated carbocycles. The van der Waals surface area contributed by atoms with Crippen LogP contribution < -0.4 is 0 Å². The molecule has 4 nitrogen and oxygen atoms in total. The third-order valence-corrected chi connectivity index (χ3v) is 10.7. The van der Waals surface area contributed by atoms with E-state index in [9.17, 15) is 5.11 Å². The molecule has 266 valence electrons. The summed E-state index contributed by atoms with van der Waals surface area (Å²) in [4.78, 5) is 10.0. The Morgan fingerprint density at radius 2 is 1.13 bits per heavy atom. The van der Waals surface area contributed by atoms with Crippen molar-refractivity contribution in [1.82, 2.24) is 14.5 Å². The molecule has 8 aromatic rings. The number of phenolic OH excluding ortho intramolecular Hbond substituents is 1. The van der Waals surface area contributed by atoms with Gasteiger partial charge >= 0.3 is 0 Å². The van der Waals surface area contributed by atoms with Gasteiger partial charge in [-0.3, -0.25) is 9.97 Å². The van der Waals surface area contributed by atoms with Gasteiger partial charge in [0.15, 0.2) is 0 Å². The molecule has 0 atom stereocenters. The first-order chi connectivity index (χ1) is 25.7. The summed E-state index contributed by atoms with van der Waals surface area (Å²) in [5.74, 6) is 0.194. The van der Waals surface area contributed by atoms with Crippen molar-refractivity contribution in [3.05, 3.63) is 175 Å². The summed E-state index contributed by atoms with van der Waals surface area (Å²) in [6.45, 7) is 6.70. The van der Waals surface area contributed by atoms with Crippen LogP contribution in [0.25, 0.3) is 78.5 Å². The summed E-state index contributed by atoms with van der Waals surface area (Å²) in [6, 6.07) is 55.9. The van der Waals surface area contributed by atoms with Crippen LogP contribution in [0.4, 0.5) is 0 Å². The zero-order valence-corrected chi connectivity index (χ0v) is 32.8. The standard InChI is InChI=1S/C49H38N3O.Pt/c1-31-25-37(47-24-23-46(52(47)4)35-21-22-39-38-17-8-10-19-41(38)49(2,3)42(39)27-35)30-43(50-31)33-15-12-16-34(26-33)44-28-36(32-13-6-5-7-14-32)29-45(51-44)40-18-9-11-20-48(40)53;/h5-25,27-30,53H,1-4H3;/q-1;. The van der Waals surface area contributed by atoms with Crippen molar-refractivity contribution in [3.8, 4) is 84.3 Å². The maximum atomic E-state index is 10.7. The smallest absolute Gasteiger partial charge is 0.124 e. The van der Waals surface area contributed by atoms with Gasteiger partial charge in [0.2, 0.25) is 0 Å². The third-order valence-electron chi connectivity index (χ3n) is 10.7. The van der Waals surface area contributed by atoms with Gasteiger partial charge in [-0.25, -0.2) is 0 Å². The van der Waals surface area contributed by atoms with Gasteiger partial charge in [0.1, 0.15) is 5.75 Å². The normalized spacial score (nSPS) is 12.5. The van der Waals surface area contributed by atoms with E-state index in [1.54, 1.807) is 6.07 Å². The van der Waals surface area contributed by atoms with Crippen LogP contribution in [0, 0.1) is 13.0 Å². The van der Waals surface area contributed by atoms with Crippen molar-refractivity contribution < 1.29 is 26.2 Å². The van der Waals surface area contributed by atoms with Gasteiger partial charge in [-0.1, -0.05) is 116 Å². The summed E-state index contributed by atoms with van der Waals surface area (Å²) in [5.41, 5.74) is 17.7. The van der Waals surface area contributed by atoms with E-state index in [4.69, 9.17) is 9.97 Å². The van der Waals surface area contributed by atoms with Crippen molar-refractivity contribution in [3.63, 3.8) is 0 Å². The van der Waals surface area contributed by atoms with Gasteiger partial charge in [-0.05, 0) is 93.9 Å². The minimum absolute atomic E-state index is 0. The molecule has 0 spiro atoms. The summed E-state index contributed by atoms with van der Waals surface area (Å²) < 4.78 is 2.29. The predicted octanol–water partition coefficient (Wildman–Crippen LogP) is 11.9. The van der Waals surface area contributed by atoms with Gasteiger partial charge in [0.05, 0.1) is 5.69 Å². The second-order valence-corrected chi connectivity index (χ2v) is 14.5. The molecule has 3 heterocycles. The molecular formula is C49H38N3OPt-. The Bertz CT molecular complexity index is 2690. The zero-order valence-electron chi connectivity index (χ0n) is 30.5.